The lowest BCUT2D eigenvalue weighted by Crippen LogP contribution is -2.12. The largest absolute Gasteiger partial charge is 0.493 e. The van der Waals surface area contributed by atoms with Crippen LogP contribution in [0.15, 0.2) is 22.5 Å². The summed E-state index contributed by atoms with van der Waals surface area (Å²) in [5.41, 5.74) is 0.475. The van der Waals surface area contributed by atoms with Crippen LogP contribution in [0, 0.1) is 0 Å². The highest BCUT2D eigenvalue weighted by atomic mass is 32.2. The molecule has 124 valence electrons. The molecule has 23 heavy (non-hydrogen) atoms. The molecular formula is C15H19N3O3S2. The number of nitrogens with zero attached hydrogens (tertiary/aromatic N) is 2. The van der Waals surface area contributed by atoms with Crippen LogP contribution in [0.4, 0.5) is 5.13 Å². The number of benzene rings is 1. The van der Waals surface area contributed by atoms with E-state index in [0.29, 0.717) is 28.8 Å². The van der Waals surface area contributed by atoms with E-state index < -0.39 is 0 Å². The van der Waals surface area contributed by atoms with Gasteiger partial charge in [0.25, 0.3) is 5.91 Å². The SMILES string of the molecule is CCCSc1nnc(NC(=O)c2ccc(OCC)c(OC)c2)s1. The first-order valence-electron chi connectivity index (χ1n) is 7.26. The van der Waals surface area contributed by atoms with Gasteiger partial charge < -0.3 is 9.47 Å². The molecular weight excluding hydrogens is 334 g/mol. The summed E-state index contributed by atoms with van der Waals surface area (Å²) in [7, 11) is 1.54. The highest BCUT2D eigenvalue weighted by molar-refractivity contribution is 8.01. The molecule has 1 N–H and O–H groups in total. The zero-order valence-corrected chi connectivity index (χ0v) is 14.9. The molecule has 0 saturated heterocycles. The average molecular weight is 353 g/mol. The van der Waals surface area contributed by atoms with Crippen molar-refractivity contribution in [3.8, 4) is 11.5 Å². The molecule has 0 saturated carbocycles. The van der Waals surface area contributed by atoms with Crippen LogP contribution in [-0.2, 0) is 0 Å². The molecule has 0 fully saturated rings. The fourth-order valence-electron chi connectivity index (χ4n) is 1.76. The van der Waals surface area contributed by atoms with Crippen LogP contribution < -0.4 is 14.8 Å². The number of thioether (sulfide) groups is 1. The quantitative estimate of drug-likeness (QED) is 0.576. The van der Waals surface area contributed by atoms with Gasteiger partial charge in [0.2, 0.25) is 5.13 Å². The third kappa shape index (κ3) is 4.84. The van der Waals surface area contributed by atoms with Crippen molar-refractivity contribution in [3.63, 3.8) is 0 Å². The number of amides is 1. The molecule has 1 aromatic heterocycles. The van der Waals surface area contributed by atoms with Crippen molar-refractivity contribution in [1.82, 2.24) is 10.2 Å². The molecule has 1 aromatic carbocycles. The lowest BCUT2D eigenvalue weighted by atomic mass is 10.2. The monoisotopic (exact) mass is 353 g/mol. The topological polar surface area (TPSA) is 73.3 Å². The van der Waals surface area contributed by atoms with Crippen molar-refractivity contribution in [2.24, 2.45) is 0 Å². The van der Waals surface area contributed by atoms with Crippen LogP contribution in [-0.4, -0.2) is 35.6 Å². The summed E-state index contributed by atoms with van der Waals surface area (Å²) in [6, 6.07) is 5.06. The first kappa shape index (κ1) is 17.6. The number of carbonyl (C=O) groups excluding carboxylic acids is 1. The summed E-state index contributed by atoms with van der Waals surface area (Å²) in [6.07, 6.45) is 1.07. The van der Waals surface area contributed by atoms with E-state index in [9.17, 15) is 4.79 Å². The van der Waals surface area contributed by atoms with Gasteiger partial charge in [-0.25, -0.2) is 0 Å². The van der Waals surface area contributed by atoms with E-state index in [4.69, 9.17) is 9.47 Å². The number of ether oxygens (including phenoxy) is 2. The molecule has 8 heteroatoms. The Balaban J connectivity index is 2.06. The molecule has 0 aliphatic heterocycles. The number of hydrogen-bond acceptors (Lipinski definition) is 7. The van der Waals surface area contributed by atoms with Crippen LogP contribution in [0.25, 0.3) is 0 Å². The highest BCUT2D eigenvalue weighted by Gasteiger charge is 2.13. The zero-order chi connectivity index (χ0) is 16.7. The van der Waals surface area contributed by atoms with Gasteiger partial charge in [0.05, 0.1) is 13.7 Å². The minimum absolute atomic E-state index is 0.255. The Morgan fingerprint density at radius 3 is 2.83 bits per heavy atom. The maximum Gasteiger partial charge on any atom is 0.257 e. The maximum absolute atomic E-state index is 12.3. The number of carbonyl (C=O) groups is 1. The molecule has 6 nitrogen and oxygen atoms in total. The smallest absolute Gasteiger partial charge is 0.257 e. The first-order chi connectivity index (χ1) is 11.2. The van der Waals surface area contributed by atoms with E-state index in [0.717, 1.165) is 16.5 Å². The van der Waals surface area contributed by atoms with E-state index in [1.54, 1.807) is 37.1 Å². The Morgan fingerprint density at radius 2 is 2.13 bits per heavy atom. The number of methoxy groups -OCH3 is 1. The molecule has 1 amide bonds. The van der Waals surface area contributed by atoms with Gasteiger partial charge in [0.15, 0.2) is 15.8 Å². The van der Waals surface area contributed by atoms with Crippen molar-refractivity contribution >= 4 is 34.1 Å². The lowest BCUT2D eigenvalue weighted by Gasteiger charge is -2.10. The molecule has 0 atom stereocenters. The third-order valence-corrected chi connectivity index (χ3v) is 4.96. The van der Waals surface area contributed by atoms with Gasteiger partial charge in [-0.3, -0.25) is 10.1 Å². The Hall–Kier alpha value is -1.80. The highest BCUT2D eigenvalue weighted by Crippen LogP contribution is 2.29. The van der Waals surface area contributed by atoms with Gasteiger partial charge in [-0.1, -0.05) is 30.0 Å². The van der Waals surface area contributed by atoms with Gasteiger partial charge in [-0.15, -0.1) is 10.2 Å². The standard InChI is InChI=1S/C15H19N3O3S2/c1-4-8-22-15-18-17-14(23-15)16-13(19)10-6-7-11(21-5-2)12(9-10)20-3/h6-7,9H,4-5,8H2,1-3H3,(H,16,17,19). The average Bonchev–Trinajstić information content (AvgIpc) is 3.00. The van der Waals surface area contributed by atoms with E-state index in [2.05, 4.69) is 22.4 Å². The second-order valence-corrected chi connectivity index (χ2v) is 6.79. The minimum Gasteiger partial charge on any atom is -0.493 e. The van der Waals surface area contributed by atoms with Crippen molar-refractivity contribution in [2.75, 3.05) is 24.8 Å². The number of nitrogens with one attached hydrogen (secondary N) is 1. The molecule has 0 spiro atoms. The van der Waals surface area contributed by atoms with E-state index >= 15 is 0 Å². The second-order valence-electron chi connectivity index (χ2n) is 4.47. The van der Waals surface area contributed by atoms with E-state index in [1.807, 2.05) is 6.92 Å². The summed E-state index contributed by atoms with van der Waals surface area (Å²) in [4.78, 5) is 12.3. The lowest BCUT2D eigenvalue weighted by molar-refractivity contribution is 0.102. The number of rotatable bonds is 8. The Bertz CT molecular complexity index is 661. The normalized spacial score (nSPS) is 10.4. The fraction of sp³-hybridized carbons (Fsp3) is 0.400. The van der Waals surface area contributed by atoms with Crippen LogP contribution in [0.1, 0.15) is 30.6 Å². The Labute approximate surface area is 143 Å². The molecule has 2 rings (SSSR count). The maximum atomic E-state index is 12.3. The Kier molecular flexibility index (Phi) is 6.66. The summed E-state index contributed by atoms with van der Waals surface area (Å²) in [5.74, 6) is 1.87. The van der Waals surface area contributed by atoms with E-state index in [-0.39, 0.29) is 5.91 Å². The van der Waals surface area contributed by atoms with Crippen LogP contribution in [0.5, 0.6) is 11.5 Å². The molecule has 0 radical (unpaired) electrons. The predicted molar refractivity (Wildman–Crippen MR) is 93.0 cm³/mol. The van der Waals surface area contributed by atoms with Crippen LogP contribution in [0.3, 0.4) is 0 Å². The van der Waals surface area contributed by atoms with E-state index in [1.165, 1.54) is 11.3 Å². The van der Waals surface area contributed by atoms with Gasteiger partial charge in [0.1, 0.15) is 0 Å². The van der Waals surface area contributed by atoms with Crippen molar-refractivity contribution in [1.29, 1.82) is 0 Å². The second kappa shape index (κ2) is 8.73. The molecule has 2 aromatic rings. The van der Waals surface area contributed by atoms with Crippen molar-refractivity contribution in [3.05, 3.63) is 23.8 Å². The number of aromatic nitrogens is 2. The number of anilines is 1. The first-order valence-corrected chi connectivity index (χ1v) is 9.06. The number of hydrogen-bond donors (Lipinski definition) is 1. The van der Waals surface area contributed by atoms with Gasteiger partial charge in [-0.2, -0.15) is 0 Å². The van der Waals surface area contributed by atoms with Gasteiger partial charge in [0, 0.05) is 11.3 Å². The van der Waals surface area contributed by atoms with Gasteiger partial charge in [-0.05, 0) is 31.5 Å². The third-order valence-electron chi connectivity index (χ3n) is 2.78. The van der Waals surface area contributed by atoms with Gasteiger partial charge >= 0.3 is 0 Å². The summed E-state index contributed by atoms with van der Waals surface area (Å²) in [5, 5.41) is 11.3. The molecule has 0 aliphatic carbocycles. The van der Waals surface area contributed by atoms with Crippen LogP contribution >= 0.6 is 23.1 Å². The summed E-state index contributed by atoms with van der Waals surface area (Å²) in [6.45, 7) is 4.53. The minimum atomic E-state index is -0.255. The summed E-state index contributed by atoms with van der Waals surface area (Å²) >= 11 is 3.00. The molecule has 0 unspecified atom stereocenters. The van der Waals surface area contributed by atoms with Crippen molar-refractivity contribution < 1.29 is 14.3 Å². The Morgan fingerprint density at radius 1 is 1.30 bits per heavy atom. The molecule has 0 aliphatic rings. The zero-order valence-electron chi connectivity index (χ0n) is 13.3. The summed E-state index contributed by atoms with van der Waals surface area (Å²) < 4.78 is 11.5. The van der Waals surface area contributed by atoms with Crippen molar-refractivity contribution in [2.45, 2.75) is 24.6 Å². The predicted octanol–water partition coefficient (Wildman–Crippen LogP) is 3.70. The fourth-order valence-corrected chi connectivity index (χ4v) is 3.43. The molecule has 1 heterocycles. The molecule has 0 bridgehead atoms. The van der Waals surface area contributed by atoms with Crippen LogP contribution in [0.2, 0.25) is 0 Å².